The van der Waals surface area contributed by atoms with Gasteiger partial charge in [-0.25, -0.2) is 14.8 Å². The molecule has 0 bridgehead atoms. The number of hydrogen-bond acceptors (Lipinski definition) is 7. The van der Waals surface area contributed by atoms with Crippen LogP contribution in [0.25, 0.3) is 0 Å². The molecule has 0 saturated carbocycles. The molecule has 3 aromatic rings. The molecule has 2 heterocycles. The number of likely N-dealkylation sites (N-methyl/N-ethyl adjacent to an activating group) is 1. The van der Waals surface area contributed by atoms with E-state index < -0.39 is 5.97 Å². The predicted molar refractivity (Wildman–Crippen MR) is 108 cm³/mol. The first kappa shape index (κ1) is 19.9. The average Bonchev–Trinajstić information content (AvgIpc) is 2.78. The molecule has 1 amide bonds. The van der Waals surface area contributed by atoms with E-state index in [2.05, 4.69) is 25.0 Å². The Kier molecular flexibility index (Phi) is 6.47. The van der Waals surface area contributed by atoms with Crippen LogP contribution in [-0.2, 0) is 11.2 Å². The molecule has 29 heavy (non-hydrogen) atoms. The fourth-order valence-electron chi connectivity index (χ4n) is 2.60. The molecule has 8 nitrogen and oxygen atoms in total. The van der Waals surface area contributed by atoms with Crippen molar-refractivity contribution in [1.82, 2.24) is 19.9 Å². The van der Waals surface area contributed by atoms with Gasteiger partial charge >= 0.3 is 5.97 Å². The maximum Gasteiger partial charge on any atom is 0.337 e. The van der Waals surface area contributed by atoms with Gasteiger partial charge in [0.15, 0.2) is 0 Å². The largest absolute Gasteiger partial charge is 0.465 e. The van der Waals surface area contributed by atoms with E-state index in [1.54, 1.807) is 48.6 Å². The number of pyridine rings is 1. The van der Waals surface area contributed by atoms with Crippen molar-refractivity contribution in [1.29, 1.82) is 0 Å². The Hall–Kier alpha value is -3.81. The second kappa shape index (κ2) is 9.41. The number of hydrogen-bond donors (Lipinski definition) is 1. The van der Waals surface area contributed by atoms with Crippen molar-refractivity contribution >= 4 is 23.4 Å². The molecule has 0 fully saturated rings. The number of amides is 1. The zero-order valence-corrected chi connectivity index (χ0v) is 16.2. The van der Waals surface area contributed by atoms with Crippen molar-refractivity contribution in [3.05, 3.63) is 78.0 Å². The molecule has 0 atom stereocenters. The quantitative estimate of drug-likeness (QED) is 0.619. The summed E-state index contributed by atoms with van der Waals surface area (Å²) in [6.45, 7) is 0.567. The van der Waals surface area contributed by atoms with E-state index >= 15 is 0 Å². The topological polar surface area (TPSA) is 97.3 Å². The second-order valence-electron chi connectivity index (χ2n) is 6.31. The van der Waals surface area contributed by atoms with Gasteiger partial charge in [-0.05, 0) is 48.4 Å². The molecule has 1 N–H and O–H groups in total. The Morgan fingerprint density at radius 1 is 1.03 bits per heavy atom. The smallest absolute Gasteiger partial charge is 0.337 e. The first-order valence-electron chi connectivity index (χ1n) is 8.98. The van der Waals surface area contributed by atoms with Crippen molar-refractivity contribution < 1.29 is 14.3 Å². The first-order valence-corrected chi connectivity index (χ1v) is 8.98. The molecule has 0 aliphatic heterocycles. The van der Waals surface area contributed by atoms with Crippen LogP contribution in [-0.4, -0.2) is 52.4 Å². The molecule has 1 aromatic carbocycles. The van der Waals surface area contributed by atoms with Crippen LogP contribution >= 0.6 is 0 Å². The molecule has 0 radical (unpaired) electrons. The molecule has 8 heteroatoms. The number of anilines is 2. The number of carbonyl (C=O) groups is 2. The van der Waals surface area contributed by atoms with Crippen molar-refractivity contribution in [2.75, 3.05) is 26.0 Å². The zero-order chi connectivity index (χ0) is 20.6. The fraction of sp³-hybridized carbons (Fsp3) is 0.190. The van der Waals surface area contributed by atoms with Crippen LogP contribution < -0.4 is 5.32 Å². The van der Waals surface area contributed by atoms with E-state index in [-0.39, 0.29) is 11.6 Å². The van der Waals surface area contributed by atoms with E-state index in [0.29, 0.717) is 17.9 Å². The monoisotopic (exact) mass is 391 g/mol. The van der Waals surface area contributed by atoms with Gasteiger partial charge in [-0.1, -0.05) is 0 Å². The predicted octanol–water partition coefficient (Wildman–Crippen LogP) is 2.72. The summed E-state index contributed by atoms with van der Waals surface area (Å²) in [4.78, 5) is 38.0. The Balaban J connectivity index is 1.57. The summed E-state index contributed by atoms with van der Waals surface area (Å²) in [7, 11) is 3.07. The first-order chi connectivity index (χ1) is 14.1. The lowest BCUT2D eigenvalue weighted by Gasteiger charge is -2.16. The Morgan fingerprint density at radius 3 is 2.38 bits per heavy atom. The van der Waals surface area contributed by atoms with Gasteiger partial charge in [-0.15, -0.1) is 0 Å². The van der Waals surface area contributed by atoms with Crippen molar-refractivity contribution in [3.8, 4) is 0 Å². The van der Waals surface area contributed by atoms with Crippen LogP contribution in [0.15, 0.2) is 61.2 Å². The van der Waals surface area contributed by atoms with Gasteiger partial charge in [0.25, 0.3) is 5.91 Å². The molecule has 148 valence electrons. The zero-order valence-electron chi connectivity index (χ0n) is 16.2. The number of nitrogens with one attached hydrogen (secondary N) is 1. The lowest BCUT2D eigenvalue weighted by molar-refractivity contribution is 0.0600. The molecule has 0 unspecified atom stereocenters. The lowest BCUT2D eigenvalue weighted by Crippen LogP contribution is -2.29. The Morgan fingerprint density at radius 2 is 1.76 bits per heavy atom. The van der Waals surface area contributed by atoms with Crippen LogP contribution in [0.5, 0.6) is 0 Å². The van der Waals surface area contributed by atoms with Gasteiger partial charge in [0, 0.05) is 31.7 Å². The van der Waals surface area contributed by atoms with E-state index in [1.165, 1.54) is 19.5 Å². The van der Waals surface area contributed by atoms with Gasteiger partial charge in [0.05, 0.1) is 25.1 Å². The van der Waals surface area contributed by atoms with Gasteiger partial charge in [0.1, 0.15) is 11.5 Å². The minimum Gasteiger partial charge on any atom is -0.465 e. The van der Waals surface area contributed by atoms with Crippen LogP contribution in [0.3, 0.4) is 0 Å². The van der Waals surface area contributed by atoms with Gasteiger partial charge in [-0.3, -0.25) is 9.78 Å². The number of nitrogens with zero attached hydrogens (tertiary/aromatic N) is 4. The SMILES string of the molecule is COC(=O)c1ccc(Nc2cnc(C(=O)N(C)CCc3ccncc3)cn2)cc1. The molecular weight excluding hydrogens is 370 g/mol. The number of benzene rings is 1. The number of esters is 1. The lowest BCUT2D eigenvalue weighted by atomic mass is 10.2. The molecule has 0 spiro atoms. The summed E-state index contributed by atoms with van der Waals surface area (Å²) in [6, 6.07) is 10.6. The third-order valence-corrected chi connectivity index (χ3v) is 4.28. The summed E-state index contributed by atoms with van der Waals surface area (Å²) in [6.07, 6.45) is 7.14. The Labute approximate surface area is 168 Å². The van der Waals surface area contributed by atoms with Crippen molar-refractivity contribution in [3.63, 3.8) is 0 Å². The average molecular weight is 391 g/mol. The number of methoxy groups -OCH3 is 1. The minimum atomic E-state index is -0.396. The number of rotatable bonds is 7. The molecule has 0 saturated heterocycles. The van der Waals surface area contributed by atoms with Gasteiger partial charge in [0.2, 0.25) is 0 Å². The number of carbonyl (C=O) groups excluding carboxylic acids is 2. The summed E-state index contributed by atoms with van der Waals surface area (Å²) in [5, 5.41) is 3.07. The van der Waals surface area contributed by atoms with Crippen LogP contribution in [0, 0.1) is 0 Å². The highest BCUT2D eigenvalue weighted by atomic mass is 16.5. The summed E-state index contributed by atoms with van der Waals surface area (Å²) >= 11 is 0. The molecule has 0 aliphatic rings. The molecular formula is C21H21N5O3. The van der Waals surface area contributed by atoms with Crippen molar-refractivity contribution in [2.45, 2.75) is 6.42 Å². The summed E-state index contributed by atoms with van der Waals surface area (Å²) < 4.78 is 4.67. The normalized spacial score (nSPS) is 10.3. The van der Waals surface area contributed by atoms with Gasteiger partial charge < -0.3 is 15.0 Å². The third-order valence-electron chi connectivity index (χ3n) is 4.28. The van der Waals surface area contributed by atoms with Crippen LogP contribution in [0.4, 0.5) is 11.5 Å². The summed E-state index contributed by atoms with van der Waals surface area (Å²) in [5.74, 6) is -0.0976. The number of aromatic nitrogens is 3. The van der Waals surface area contributed by atoms with E-state index in [4.69, 9.17) is 0 Å². The van der Waals surface area contributed by atoms with E-state index in [0.717, 1.165) is 17.7 Å². The van der Waals surface area contributed by atoms with Crippen LogP contribution in [0.1, 0.15) is 26.4 Å². The minimum absolute atomic E-state index is 0.194. The third kappa shape index (κ3) is 5.35. The molecule has 2 aromatic heterocycles. The standard InChI is InChI=1S/C21H21N5O3/c1-26(12-9-15-7-10-22-11-8-15)20(27)18-13-24-19(14-23-18)25-17-5-3-16(4-6-17)21(28)29-2/h3-8,10-11,13-14H,9,12H2,1-2H3,(H,24,25). The van der Waals surface area contributed by atoms with Crippen LogP contribution in [0.2, 0.25) is 0 Å². The maximum atomic E-state index is 12.5. The molecule has 0 aliphatic carbocycles. The highest BCUT2D eigenvalue weighted by Crippen LogP contribution is 2.15. The fourth-order valence-corrected chi connectivity index (χ4v) is 2.60. The van der Waals surface area contributed by atoms with E-state index in [9.17, 15) is 9.59 Å². The number of ether oxygens (including phenoxy) is 1. The highest BCUT2D eigenvalue weighted by Gasteiger charge is 2.14. The van der Waals surface area contributed by atoms with E-state index in [1.807, 2.05) is 12.1 Å². The van der Waals surface area contributed by atoms with Crippen molar-refractivity contribution in [2.24, 2.45) is 0 Å². The van der Waals surface area contributed by atoms with Gasteiger partial charge in [-0.2, -0.15) is 0 Å². The maximum absolute atomic E-state index is 12.5. The molecule has 3 rings (SSSR count). The Bertz CT molecular complexity index is 960. The summed E-state index contributed by atoms with van der Waals surface area (Å²) in [5.41, 5.74) is 2.58. The highest BCUT2D eigenvalue weighted by molar-refractivity contribution is 5.92. The second-order valence-corrected chi connectivity index (χ2v) is 6.31.